The average Bonchev–Trinajstić information content (AvgIpc) is 2.84. The van der Waals surface area contributed by atoms with Crippen LogP contribution >= 0.6 is 0 Å². The van der Waals surface area contributed by atoms with Gasteiger partial charge >= 0.3 is 0 Å². The molecule has 3 heteroatoms. The summed E-state index contributed by atoms with van der Waals surface area (Å²) >= 11 is 0. The van der Waals surface area contributed by atoms with Gasteiger partial charge in [-0.05, 0) is 73.5 Å². The van der Waals surface area contributed by atoms with Crippen molar-refractivity contribution in [1.82, 2.24) is 0 Å². The molecule has 0 bridgehead atoms. The van der Waals surface area contributed by atoms with E-state index in [-0.39, 0.29) is 29.0 Å². The third kappa shape index (κ3) is 1.93. The number of carbonyl (C=O) groups excluding carboxylic acids is 1. The Morgan fingerprint density at radius 1 is 1.04 bits per heavy atom. The second-order valence-corrected chi connectivity index (χ2v) is 9.62. The number of ketones is 1. The second kappa shape index (κ2) is 5.05. The molecular formula is C20H32O3. The van der Waals surface area contributed by atoms with Crippen LogP contribution in [0.2, 0.25) is 0 Å². The molecule has 0 radical (unpaired) electrons. The first kappa shape index (κ1) is 16.1. The van der Waals surface area contributed by atoms with Gasteiger partial charge in [0.25, 0.3) is 0 Å². The number of fused-ring (bicyclic) bond motifs is 5. The summed E-state index contributed by atoms with van der Waals surface area (Å²) in [6.45, 7) is 4.86. The van der Waals surface area contributed by atoms with Crippen LogP contribution < -0.4 is 0 Å². The molecule has 4 saturated carbocycles. The first-order valence-corrected chi connectivity index (χ1v) is 9.67. The zero-order valence-electron chi connectivity index (χ0n) is 14.7. The number of aliphatic hydroxyl groups is 2. The lowest BCUT2D eigenvalue weighted by Gasteiger charge is -2.64. The molecule has 0 aromatic rings. The maximum atomic E-state index is 12.1. The van der Waals surface area contributed by atoms with E-state index in [2.05, 4.69) is 13.8 Å². The largest absolute Gasteiger partial charge is 0.396 e. The fourth-order valence-electron chi connectivity index (χ4n) is 7.50. The van der Waals surface area contributed by atoms with E-state index < -0.39 is 0 Å². The molecule has 4 rings (SSSR count). The van der Waals surface area contributed by atoms with Crippen LogP contribution in [0, 0.1) is 34.0 Å². The molecule has 0 saturated heterocycles. The second-order valence-electron chi connectivity index (χ2n) is 9.62. The van der Waals surface area contributed by atoms with Crippen LogP contribution in [0.3, 0.4) is 0 Å². The van der Waals surface area contributed by atoms with Gasteiger partial charge in [-0.1, -0.05) is 13.8 Å². The molecule has 4 unspecified atom stereocenters. The number of hydrogen-bond acceptors (Lipinski definition) is 3. The summed E-state index contributed by atoms with van der Waals surface area (Å²) in [4.78, 5) is 12.1. The van der Waals surface area contributed by atoms with E-state index in [1.807, 2.05) is 0 Å². The zero-order valence-corrected chi connectivity index (χ0v) is 14.7. The third-order valence-corrected chi connectivity index (χ3v) is 9.13. The number of carbonyl (C=O) groups is 1. The first-order valence-electron chi connectivity index (χ1n) is 9.67. The molecule has 7 atom stereocenters. The molecule has 3 nitrogen and oxygen atoms in total. The minimum atomic E-state index is -0.172. The highest BCUT2D eigenvalue weighted by Crippen LogP contribution is 2.69. The predicted molar refractivity (Wildman–Crippen MR) is 88.8 cm³/mol. The van der Waals surface area contributed by atoms with Gasteiger partial charge in [0.1, 0.15) is 5.78 Å². The maximum Gasteiger partial charge on any atom is 0.133 e. The average molecular weight is 320 g/mol. The quantitative estimate of drug-likeness (QED) is 0.779. The molecule has 0 aromatic heterocycles. The highest BCUT2D eigenvalue weighted by molar-refractivity contribution is 5.80. The summed E-state index contributed by atoms with van der Waals surface area (Å²) < 4.78 is 0. The number of hydrogen-bond donors (Lipinski definition) is 2. The van der Waals surface area contributed by atoms with Crippen molar-refractivity contribution in [3.05, 3.63) is 0 Å². The van der Waals surface area contributed by atoms with Crippen LogP contribution in [0.1, 0.15) is 71.6 Å². The maximum absolute atomic E-state index is 12.1. The van der Waals surface area contributed by atoms with Gasteiger partial charge in [0.2, 0.25) is 0 Å². The molecule has 130 valence electrons. The minimum Gasteiger partial charge on any atom is -0.396 e. The van der Waals surface area contributed by atoms with E-state index >= 15 is 0 Å². The summed E-state index contributed by atoms with van der Waals surface area (Å²) in [6.07, 6.45) is 8.67. The van der Waals surface area contributed by atoms with Crippen molar-refractivity contribution in [2.45, 2.75) is 77.7 Å². The van der Waals surface area contributed by atoms with Crippen LogP contribution in [-0.2, 0) is 4.79 Å². The lowest BCUT2D eigenvalue weighted by Crippen LogP contribution is -2.60. The summed E-state index contributed by atoms with van der Waals surface area (Å²) in [5.41, 5.74) is 0.0448. The summed E-state index contributed by atoms with van der Waals surface area (Å²) in [5, 5.41) is 20.8. The monoisotopic (exact) mass is 320 g/mol. The molecule has 0 amide bonds. The zero-order chi connectivity index (χ0) is 16.5. The van der Waals surface area contributed by atoms with Gasteiger partial charge in [-0.25, -0.2) is 0 Å². The summed E-state index contributed by atoms with van der Waals surface area (Å²) in [5.74, 6) is 2.30. The molecular weight excluding hydrogens is 288 g/mol. The molecule has 0 aliphatic heterocycles. The van der Waals surface area contributed by atoms with E-state index in [1.54, 1.807) is 0 Å². The van der Waals surface area contributed by atoms with E-state index in [4.69, 9.17) is 0 Å². The lowest BCUT2D eigenvalue weighted by atomic mass is 9.40. The molecule has 0 heterocycles. The van der Waals surface area contributed by atoms with Gasteiger partial charge in [-0.15, -0.1) is 0 Å². The Balaban J connectivity index is 1.69. The molecule has 4 fully saturated rings. The van der Waals surface area contributed by atoms with Crippen LogP contribution in [0.5, 0.6) is 0 Å². The normalized spacial score (nSPS) is 55.9. The van der Waals surface area contributed by atoms with E-state index in [0.717, 1.165) is 32.1 Å². The summed E-state index contributed by atoms with van der Waals surface area (Å²) in [6, 6.07) is 0. The lowest BCUT2D eigenvalue weighted by molar-refractivity contribution is -0.181. The Kier molecular flexibility index (Phi) is 3.53. The standard InChI is InChI=1S/C20H32O3/c1-18-8-7-16-14(15(18)3-4-17(18)23)6-10-20(12-21)11-13(22)5-9-19(16,20)2/h14-17,21,23H,3-12H2,1-2H3/t14?,15?,16?,17-,18-,19+,20?/m0/s1. The Labute approximate surface area is 139 Å². The van der Waals surface area contributed by atoms with Crippen molar-refractivity contribution in [3.8, 4) is 0 Å². The fraction of sp³-hybridized carbons (Fsp3) is 0.950. The molecule has 23 heavy (non-hydrogen) atoms. The van der Waals surface area contributed by atoms with Gasteiger partial charge in [0.15, 0.2) is 0 Å². The van der Waals surface area contributed by atoms with Crippen molar-refractivity contribution in [3.63, 3.8) is 0 Å². The van der Waals surface area contributed by atoms with Gasteiger partial charge in [-0.3, -0.25) is 4.79 Å². The predicted octanol–water partition coefficient (Wildman–Crippen LogP) is 3.32. The number of rotatable bonds is 1. The molecule has 2 N–H and O–H groups in total. The SMILES string of the molecule is C[C@]12CCC3C(CCC4(CO)CC(=O)CC[C@]34C)C1CC[C@@H]2O. The number of Topliss-reactive ketones (excluding diaryl/α,β-unsaturated/α-hetero) is 1. The smallest absolute Gasteiger partial charge is 0.133 e. The highest BCUT2D eigenvalue weighted by Gasteiger charge is 2.64. The van der Waals surface area contributed by atoms with Gasteiger partial charge in [0, 0.05) is 24.9 Å². The van der Waals surface area contributed by atoms with E-state index in [0.29, 0.717) is 36.4 Å². The molecule has 0 aromatic carbocycles. The van der Waals surface area contributed by atoms with Crippen molar-refractivity contribution < 1.29 is 15.0 Å². The molecule has 4 aliphatic rings. The van der Waals surface area contributed by atoms with E-state index in [9.17, 15) is 15.0 Å². The van der Waals surface area contributed by atoms with Gasteiger partial charge in [-0.2, -0.15) is 0 Å². The Morgan fingerprint density at radius 3 is 2.57 bits per heavy atom. The van der Waals surface area contributed by atoms with Crippen molar-refractivity contribution >= 4 is 5.78 Å². The van der Waals surface area contributed by atoms with Crippen molar-refractivity contribution in [2.75, 3.05) is 6.61 Å². The van der Waals surface area contributed by atoms with Gasteiger partial charge in [0.05, 0.1) is 6.10 Å². The minimum absolute atomic E-state index is 0.105. The van der Waals surface area contributed by atoms with Crippen LogP contribution in [-0.4, -0.2) is 28.7 Å². The first-order chi connectivity index (χ1) is 10.9. The van der Waals surface area contributed by atoms with Crippen molar-refractivity contribution in [2.24, 2.45) is 34.0 Å². The highest BCUT2D eigenvalue weighted by atomic mass is 16.3. The molecule has 0 spiro atoms. The number of aliphatic hydroxyl groups excluding tert-OH is 2. The Morgan fingerprint density at radius 2 is 1.83 bits per heavy atom. The molecule has 4 aliphatic carbocycles. The topological polar surface area (TPSA) is 57.5 Å². The van der Waals surface area contributed by atoms with Crippen LogP contribution in [0.4, 0.5) is 0 Å². The van der Waals surface area contributed by atoms with Crippen LogP contribution in [0.15, 0.2) is 0 Å². The Hall–Kier alpha value is -0.410. The Bertz CT molecular complexity index is 517. The van der Waals surface area contributed by atoms with Crippen LogP contribution in [0.25, 0.3) is 0 Å². The third-order valence-electron chi connectivity index (χ3n) is 9.13. The fourth-order valence-corrected chi connectivity index (χ4v) is 7.50. The van der Waals surface area contributed by atoms with Crippen molar-refractivity contribution in [1.29, 1.82) is 0 Å². The summed E-state index contributed by atoms with van der Waals surface area (Å²) in [7, 11) is 0. The van der Waals surface area contributed by atoms with Gasteiger partial charge < -0.3 is 10.2 Å². The van der Waals surface area contributed by atoms with E-state index in [1.165, 1.54) is 12.8 Å².